The van der Waals surface area contributed by atoms with Crippen LogP contribution in [0.15, 0.2) is 17.1 Å². The lowest BCUT2D eigenvalue weighted by Crippen LogP contribution is -2.40. The van der Waals surface area contributed by atoms with Crippen molar-refractivity contribution in [3.05, 3.63) is 27.4 Å². The molecule has 0 unspecified atom stereocenters. The first kappa shape index (κ1) is 16.0. The second kappa shape index (κ2) is 7.48. The minimum atomic E-state index is -1.32. The quantitative estimate of drug-likeness (QED) is 0.372. The molecule has 1 aromatic rings. The average molecular weight is 292 g/mol. The largest absolute Gasteiger partial charge is 0.394 e. The summed E-state index contributed by atoms with van der Waals surface area (Å²) in [6.07, 6.45) is -2.24. The maximum absolute atomic E-state index is 11.6. The second-order valence-corrected chi connectivity index (χ2v) is 4.20. The van der Waals surface area contributed by atoms with E-state index in [-0.39, 0.29) is 4.64 Å². The van der Waals surface area contributed by atoms with Crippen LogP contribution >= 0.6 is 12.2 Å². The molecule has 9 heteroatoms. The van der Waals surface area contributed by atoms with Gasteiger partial charge in [0, 0.05) is 6.20 Å². The van der Waals surface area contributed by atoms with Crippen molar-refractivity contribution in [2.45, 2.75) is 18.4 Å². The van der Waals surface area contributed by atoms with Crippen LogP contribution in [0.1, 0.15) is 6.23 Å². The summed E-state index contributed by atoms with van der Waals surface area (Å²) < 4.78 is 6.47. The van der Waals surface area contributed by atoms with Crippen LogP contribution in [-0.2, 0) is 4.74 Å². The highest BCUT2D eigenvalue weighted by Crippen LogP contribution is 2.11. The van der Waals surface area contributed by atoms with Crippen molar-refractivity contribution in [3.8, 4) is 0 Å². The van der Waals surface area contributed by atoms with Crippen LogP contribution in [0.2, 0.25) is 0 Å². The molecule has 5 N–H and O–H groups in total. The fourth-order valence-electron chi connectivity index (χ4n) is 1.43. The van der Waals surface area contributed by atoms with Crippen molar-refractivity contribution in [2.24, 2.45) is 0 Å². The van der Waals surface area contributed by atoms with E-state index >= 15 is 0 Å². The van der Waals surface area contributed by atoms with E-state index in [1.54, 1.807) is 0 Å². The third-order valence-corrected chi connectivity index (χ3v) is 2.68. The van der Waals surface area contributed by atoms with Crippen LogP contribution < -0.4 is 5.69 Å². The maximum atomic E-state index is 11.6. The Morgan fingerprint density at radius 2 is 2.00 bits per heavy atom. The highest BCUT2D eigenvalue weighted by molar-refractivity contribution is 7.71. The van der Waals surface area contributed by atoms with Crippen LogP contribution in [0.25, 0.3) is 0 Å². The van der Waals surface area contributed by atoms with Gasteiger partial charge >= 0.3 is 5.69 Å². The van der Waals surface area contributed by atoms with Gasteiger partial charge in [-0.25, -0.2) is 4.79 Å². The normalized spacial score (nSPS) is 16.0. The molecule has 0 bridgehead atoms. The molecule has 3 atom stereocenters. The Morgan fingerprint density at radius 3 is 2.47 bits per heavy atom. The number of aliphatic hydroxyl groups excluding tert-OH is 4. The lowest BCUT2D eigenvalue weighted by atomic mass is 10.2. The third-order valence-electron chi connectivity index (χ3n) is 2.45. The molecule has 0 radical (unpaired) electrons. The van der Waals surface area contributed by atoms with Gasteiger partial charge in [0.05, 0.1) is 19.8 Å². The Morgan fingerprint density at radius 1 is 1.32 bits per heavy atom. The molecule has 0 spiro atoms. The summed E-state index contributed by atoms with van der Waals surface area (Å²) >= 11 is 4.77. The van der Waals surface area contributed by atoms with Crippen molar-refractivity contribution < 1.29 is 25.2 Å². The number of aliphatic hydroxyl groups is 4. The summed E-state index contributed by atoms with van der Waals surface area (Å²) in [5, 5.41) is 36.4. The monoisotopic (exact) mass is 292 g/mol. The van der Waals surface area contributed by atoms with E-state index in [9.17, 15) is 15.0 Å². The molecule has 108 valence electrons. The second-order valence-electron chi connectivity index (χ2n) is 3.76. The van der Waals surface area contributed by atoms with Gasteiger partial charge in [-0.2, -0.15) is 0 Å². The fourth-order valence-corrected chi connectivity index (χ4v) is 1.57. The Balaban J connectivity index is 2.94. The Kier molecular flexibility index (Phi) is 6.28. The van der Waals surface area contributed by atoms with Crippen LogP contribution in [-0.4, -0.2) is 62.0 Å². The van der Waals surface area contributed by atoms with E-state index in [1.165, 1.54) is 12.3 Å². The summed E-state index contributed by atoms with van der Waals surface area (Å²) in [6.45, 7) is -1.75. The maximum Gasteiger partial charge on any atom is 0.328 e. The molecule has 0 amide bonds. The molecule has 1 heterocycles. The number of hydrogen-bond donors (Lipinski definition) is 5. The van der Waals surface area contributed by atoms with Crippen molar-refractivity contribution in [1.29, 1.82) is 0 Å². The topological polar surface area (TPSA) is 128 Å². The smallest absolute Gasteiger partial charge is 0.328 e. The molecule has 0 aromatic carbocycles. The zero-order chi connectivity index (χ0) is 14.4. The standard InChI is InChI=1S/C10H16N2O6S/c13-3-6(16)7(4-14)18-9(5-15)12-2-1-8(19)11-10(12)17/h1-2,6-7,9,13-16H,3-5H2,(H,11,17,19)/t6-,7-,9-/m1/s1. The predicted octanol–water partition coefficient (Wildman–Crippen LogP) is -1.87. The molecule has 0 saturated heterocycles. The van der Waals surface area contributed by atoms with Gasteiger partial charge in [-0.3, -0.25) is 9.55 Å². The number of rotatable bonds is 7. The molecule has 0 aliphatic rings. The van der Waals surface area contributed by atoms with E-state index in [4.69, 9.17) is 27.2 Å². The van der Waals surface area contributed by atoms with Gasteiger partial charge in [0.15, 0.2) is 6.23 Å². The van der Waals surface area contributed by atoms with Gasteiger partial charge in [-0.1, -0.05) is 12.2 Å². The molecule has 0 aliphatic heterocycles. The van der Waals surface area contributed by atoms with E-state index in [1.807, 2.05) is 0 Å². The minimum Gasteiger partial charge on any atom is -0.394 e. The van der Waals surface area contributed by atoms with E-state index in [0.29, 0.717) is 0 Å². The first-order valence-electron chi connectivity index (χ1n) is 5.51. The molecule has 19 heavy (non-hydrogen) atoms. The number of H-pyrrole nitrogens is 1. The zero-order valence-electron chi connectivity index (χ0n) is 9.97. The number of ether oxygens (including phenoxy) is 1. The van der Waals surface area contributed by atoms with E-state index in [2.05, 4.69) is 4.98 Å². The molecule has 1 aromatic heterocycles. The predicted molar refractivity (Wildman–Crippen MR) is 67.1 cm³/mol. The molecular formula is C10H16N2O6S. The fraction of sp³-hybridized carbons (Fsp3) is 0.600. The summed E-state index contributed by atoms with van der Waals surface area (Å²) in [5.41, 5.74) is -0.596. The highest BCUT2D eigenvalue weighted by Gasteiger charge is 2.23. The van der Waals surface area contributed by atoms with Gasteiger partial charge in [-0.15, -0.1) is 0 Å². The molecular weight excluding hydrogens is 276 g/mol. The van der Waals surface area contributed by atoms with Crippen LogP contribution in [0.4, 0.5) is 0 Å². The van der Waals surface area contributed by atoms with Gasteiger partial charge < -0.3 is 25.2 Å². The lowest BCUT2D eigenvalue weighted by molar-refractivity contribution is -0.146. The van der Waals surface area contributed by atoms with E-state index in [0.717, 1.165) is 4.57 Å². The van der Waals surface area contributed by atoms with Crippen molar-refractivity contribution in [1.82, 2.24) is 9.55 Å². The highest BCUT2D eigenvalue weighted by atomic mass is 32.1. The molecule has 1 rings (SSSR count). The molecule has 0 saturated carbocycles. The number of aromatic nitrogens is 2. The summed E-state index contributed by atoms with van der Waals surface area (Å²) in [7, 11) is 0. The van der Waals surface area contributed by atoms with Crippen molar-refractivity contribution in [3.63, 3.8) is 0 Å². The molecule has 0 aliphatic carbocycles. The molecule has 0 fully saturated rings. The third kappa shape index (κ3) is 4.20. The number of aromatic amines is 1. The van der Waals surface area contributed by atoms with Gasteiger partial charge in [-0.05, 0) is 6.07 Å². The van der Waals surface area contributed by atoms with Crippen LogP contribution in [0.5, 0.6) is 0 Å². The van der Waals surface area contributed by atoms with Crippen molar-refractivity contribution in [2.75, 3.05) is 19.8 Å². The van der Waals surface area contributed by atoms with Gasteiger partial charge in [0.25, 0.3) is 0 Å². The SMILES string of the molecule is O=c1[nH]c(=S)ccn1[C@@H](CO)O[C@H](CO)[C@H](O)CO. The number of nitrogens with one attached hydrogen (secondary N) is 1. The van der Waals surface area contributed by atoms with Crippen LogP contribution in [0, 0.1) is 4.64 Å². The first-order chi connectivity index (χ1) is 9.03. The Hall–Kier alpha value is -1.10. The number of nitrogens with zero attached hydrogens (tertiary/aromatic N) is 1. The average Bonchev–Trinajstić information content (AvgIpc) is 2.40. The molecule has 8 nitrogen and oxygen atoms in total. The van der Waals surface area contributed by atoms with Gasteiger partial charge in [0.2, 0.25) is 0 Å². The lowest BCUT2D eigenvalue weighted by Gasteiger charge is -2.26. The van der Waals surface area contributed by atoms with E-state index < -0.39 is 43.9 Å². The summed E-state index contributed by atoms with van der Waals surface area (Å²) in [6, 6.07) is 1.43. The Bertz CT molecular complexity index is 501. The minimum absolute atomic E-state index is 0.229. The summed E-state index contributed by atoms with van der Waals surface area (Å²) in [5.74, 6) is 0. The van der Waals surface area contributed by atoms with Gasteiger partial charge in [0.1, 0.15) is 16.8 Å². The van der Waals surface area contributed by atoms with Crippen molar-refractivity contribution >= 4 is 12.2 Å². The number of hydrogen-bond acceptors (Lipinski definition) is 7. The Labute approximate surface area is 113 Å². The van der Waals surface area contributed by atoms with Crippen LogP contribution in [0.3, 0.4) is 0 Å². The zero-order valence-corrected chi connectivity index (χ0v) is 10.8. The first-order valence-corrected chi connectivity index (χ1v) is 5.91. The summed E-state index contributed by atoms with van der Waals surface area (Å²) in [4.78, 5) is 14.0.